The van der Waals surface area contributed by atoms with Crippen LogP contribution in [-0.4, -0.2) is 22.8 Å². The summed E-state index contributed by atoms with van der Waals surface area (Å²) in [7, 11) is -2.04. The molecule has 0 bridgehead atoms. The van der Waals surface area contributed by atoms with Gasteiger partial charge in [-0.05, 0) is 25.1 Å². The summed E-state index contributed by atoms with van der Waals surface area (Å²) in [4.78, 5) is 0. The van der Waals surface area contributed by atoms with Crippen LogP contribution in [0.15, 0.2) is 0 Å². The molecule has 0 aromatic carbocycles. The highest BCUT2D eigenvalue weighted by atomic mass is 28.4. The molecule has 0 aromatic rings. The van der Waals surface area contributed by atoms with Crippen LogP contribution >= 0.6 is 0 Å². The van der Waals surface area contributed by atoms with Crippen LogP contribution in [0.2, 0.25) is 31.7 Å². The molecule has 0 spiro atoms. The average molecular weight is 233 g/mol. The normalized spacial score (nSPS) is 17.1. The average Bonchev–Trinajstić information content (AvgIpc) is 2.12. The zero-order chi connectivity index (χ0) is 11.4. The lowest BCUT2D eigenvalue weighted by Gasteiger charge is -2.34. The fourth-order valence-corrected chi connectivity index (χ4v) is 6.93. The highest BCUT2D eigenvalue weighted by Crippen LogP contribution is 2.27. The van der Waals surface area contributed by atoms with Crippen LogP contribution in [0.25, 0.3) is 0 Å². The Bertz CT molecular complexity index is 157. The molecular weight excluding hydrogens is 204 g/mol. The maximum Gasteiger partial charge on any atom is 0.189 e. The third-order valence-electron chi connectivity index (χ3n) is 3.40. The standard InChI is InChI=1S/C11H28OSi2/c1-8-10(3)14(6,7)12-11(9-2)13(4)5/h10-11,13H,8-9H2,1-7H3/t10-,11?/m0/s1. The molecule has 0 N–H and O–H groups in total. The zero-order valence-corrected chi connectivity index (χ0v) is 13.2. The first-order valence-electron chi connectivity index (χ1n) is 6.02. The quantitative estimate of drug-likeness (QED) is 0.633. The number of hydrogen-bond acceptors (Lipinski definition) is 1. The molecule has 0 radical (unpaired) electrons. The van der Waals surface area contributed by atoms with Gasteiger partial charge in [0.15, 0.2) is 8.32 Å². The van der Waals surface area contributed by atoms with Gasteiger partial charge in [0.25, 0.3) is 0 Å². The molecule has 0 amide bonds. The van der Waals surface area contributed by atoms with Gasteiger partial charge in [0.05, 0.1) is 8.80 Å². The molecule has 14 heavy (non-hydrogen) atoms. The maximum atomic E-state index is 6.40. The van der Waals surface area contributed by atoms with E-state index in [-0.39, 0.29) is 0 Å². The van der Waals surface area contributed by atoms with Crippen molar-refractivity contribution in [2.24, 2.45) is 0 Å². The van der Waals surface area contributed by atoms with Crippen molar-refractivity contribution in [2.45, 2.75) is 71.1 Å². The number of rotatable bonds is 6. The summed E-state index contributed by atoms with van der Waals surface area (Å²) in [5.41, 5.74) is 1.38. The minimum atomic E-state index is -1.42. The van der Waals surface area contributed by atoms with Gasteiger partial charge in [-0.2, -0.15) is 0 Å². The summed E-state index contributed by atoms with van der Waals surface area (Å²) in [5, 5.41) is 0. The Labute approximate surface area is 93.0 Å². The van der Waals surface area contributed by atoms with E-state index in [1.807, 2.05) is 0 Å². The molecule has 0 saturated heterocycles. The predicted octanol–water partition coefficient (Wildman–Crippen LogP) is 3.81. The zero-order valence-electron chi connectivity index (χ0n) is 11.1. The molecule has 0 saturated carbocycles. The maximum absolute atomic E-state index is 6.40. The van der Waals surface area contributed by atoms with E-state index in [1.54, 1.807) is 0 Å². The molecule has 0 aromatic heterocycles. The Morgan fingerprint density at radius 1 is 1.14 bits per heavy atom. The summed E-state index contributed by atoms with van der Waals surface area (Å²) in [6.45, 7) is 16.4. The van der Waals surface area contributed by atoms with Gasteiger partial charge >= 0.3 is 0 Å². The lowest BCUT2D eigenvalue weighted by molar-refractivity contribution is 0.252. The highest BCUT2D eigenvalue weighted by Gasteiger charge is 2.32. The van der Waals surface area contributed by atoms with E-state index in [9.17, 15) is 0 Å². The van der Waals surface area contributed by atoms with Crippen LogP contribution in [0, 0.1) is 0 Å². The van der Waals surface area contributed by atoms with Crippen LogP contribution in [0.4, 0.5) is 0 Å². The van der Waals surface area contributed by atoms with Crippen LogP contribution < -0.4 is 0 Å². The van der Waals surface area contributed by atoms with Crippen molar-refractivity contribution in [3.63, 3.8) is 0 Å². The second-order valence-electron chi connectivity index (χ2n) is 5.22. The van der Waals surface area contributed by atoms with Crippen molar-refractivity contribution in [1.29, 1.82) is 0 Å². The van der Waals surface area contributed by atoms with Crippen LogP contribution in [0.1, 0.15) is 33.6 Å². The number of hydrogen-bond donors (Lipinski definition) is 0. The smallest absolute Gasteiger partial charge is 0.189 e. The van der Waals surface area contributed by atoms with E-state index in [1.165, 1.54) is 12.8 Å². The van der Waals surface area contributed by atoms with E-state index in [4.69, 9.17) is 4.43 Å². The molecule has 1 nitrogen and oxygen atoms in total. The Hall–Kier alpha value is 0.394. The monoisotopic (exact) mass is 232 g/mol. The molecule has 0 aliphatic heterocycles. The van der Waals surface area contributed by atoms with Gasteiger partial charge in [-0.15, -0.1) is 0 Å². The fraction of sp³-hybridized carbons (Fsp3) is 1.00. The molecule has 3 heteroatoms. The van der Waals surface area contributed by atoms with Crippen molar-refractivity contribution < 1.29 is 4.43 Å². The minimum absolute atomic E-state index is 0.602. The summed E-state index contributed by atoms with van der Waals surface area (Å²) in [6.07, 6.45) is 2.46. The second-order valence-corrected chi connectivity index (χ2v) is 12.9. The lowest BCUT2D eigenvalue weighted by atomic mass is 10.4. The van der Waals surface area contributed by atoms with Gasteiger partial charge in [-0.25, -0.2) is 0 Å². The Morgan fingerprint density at radius 3 is 1.93 bits per heavy atom. The van der Waals surface area contributed by atoms with Crippen molar-refractivity contribution in [3.8, 4) is 0 Å². The third kappa shape index (κ3) is 4.28. The third-order valence-corrected chi connectivity index (χ3v) is 9.46. The summed E-state index contributed by atoms with van der Waals surface area (Å²) in [6, 6.07) is 0. The molecule has 0 heterocycles. The van der Waals surface area contributed by atoms with Crippen LogP contribution in [-0.2, 0) is 4.43 Å². The van der Waals surface area contributed by atoms with Gasteiger partial charge in [0.2, 0.25) is 0 Å². The van der Waals surface area contributed by atoms with E-state index >= 15 is 0 Å². The lowest BCUT2D eigenvalue weighted by Crippen LogP contribution is -2.43. The Balaban J connectivity index is 4.31. The summed E-state index contributed by atoms with van der Waals surface area (Å²) >= 11 is 0. The SMILES string of the molecule is CCC(O[Si](C)(C)[C@@H](C)CC)[SiH](C)C. The molecule has 1 unspecified atom stereocenters. The molecule has 0 rings (SSSR count). The van der Waals surface area contributed by atoms with Gasteiger partial charge < -0.3 is 4.43 Å². The first kappa shape index (κ1) is 14.4. The van der Waals surface area contributed by atoms with Gasteiger partial charge in [0, 0.05) is 5.73 Å². The van der Waals surface area contributed by atoms with Crippen molar-refractivity contribution in [2.75, 3.05) is 0 Å². The van der Waals surface area contributed by atoms with Crippen molar-refractivity contribution in [1.82, 2.24) is 0 Å². The highest BCUT2D eigenvalue weighted by molar-refractivity contribution is 6.73. The molecular formula is C11H28OSi2. The first-order valence-corrected chi connectivity index (χ1v) is 12.0. The van der Waals surface area contributed by atoms with Gasteiger partial charge in [-0.3, -0.25) is 0 Å². The predicted molar refractivity (Wildman–Crippen MR) is 71.2 cm³/mol. The van der Waals surface area contributed by atoms with Crippen LogP contribution in [0.3, 0.4) is 0 Å². The molecule has 0 fully saturated rings. The second kappa shape index (κ2) is 6.08. The van der Waals surface area contributed by atoms with Crippen molar-refractivity contribution >= 4 is 17.1 Å². The molecule has 2 atom stereocenters. The summed E-state index contributed by atoms with van der Waals surface area (Å²) in [5.74, 6) is 0. The molecule has 86 valence electrons. The van der Waals surface area contributed by atoms with E-state index < -0.39 is 17.1 Å². The fourth-order valence-electron chi connectivity index (χ4n) is 1.69. The van der Waals surface area contributed by atoms with E-state index in [2.05, 4.69) is 47.0 Å². The minimum Gasteiger partial charge on any atom is -0.418 e. The molecule has 0 aliphatic carbocycles. The van der Waals surface area contributed by atoms with E-state index in [0.717, 1.165) is 5.54 Å². The Kier molecular flexibility index (Phi) is 6.25. The summed E-state index contributed by atoms with van der Waals surface area (Å²) < 4.78 is 6.40. The van der Waals surface area contributed by atoms with Crippen LogP contribution in [0.5, 0.6) is 0 Å². The van der Waals surface area contributed by atoms with Gasteiger partial charge in [-0.1, -0.05) is 40.3 Å². The molecule has 0 aliphatic rings. The van der Waals surface area contributed by atoms with E-state index in [0.29, 0.717) is 5.73 Å². The van der Waals surface area contributed by atoms with Gasteiger partial charge in [0.1, 0.15) is 0 Å². The topological polar surface area (TPSA) is 9.23 Å². The largest absolute Gasteiger partial charge is 0.418 e. The van der Waals surface area contributed by atoms with Crippen molar-refractivity contribution in [3.05, 3.63) is 0 Å². The first-order chi connectivity index (χ1) is 6.35. The Morgan fingerprint density at radius 2 is 1.64 bits per heavy atom.